The molecule has 0 amide bonds. The van der Waals surface area contributed by atoms with Gasteiger partial charge in [-0.2, -0.15) is 0 Å². The van der Waals surface area contributed by atoms with Crippen LogP contribution in [-0.4, -0.2) is 15.0 Å². The lowest BCUT2D eigenvalue weighted by Crippen LogP contribution is -1.96. The van der Waals surface area contributed by atoms with E-state index in [1.54, 1.807) is 0 Å². The molecule has 0 unspecified atom stereocenters. The van der Waals surface area contributed by atoms with Crippen LogP contribution < -0.4 is 0 Å². The van der Waals surface area contributed by atoms with Crippen molar-refractivity contribution in [1.29, 1.82) is 0 Å². The average molecular weight is 688 g/mol. The third-order valence-corrected chi connectivity index (χ3v) is 10.4. The molecule has 0 aliphatic rings. The van der Waals surface area contributed by atoms with Crippen LogP contribution in [0.15, 0.2) is 200 Å². The van der Waals surface area contributed by atoms with E-state index in [9.17, 15) is 0 Å². The topological polar surface area (TPSA) is 38.7 Å². The van der Waals surface area contributed by atoms with Gasteiger partial charge in [0.05, 0.1) is 11.4 Å². The van der Waals surface area contributed by atoms with E-state index in [4.69, 9.17) is 9.97 Å². The molecular weight excluding hydrogens is 655 g/mol. The Morgan fingerprint density at radius 3 is 1.48 bits per heavy atom. The van der Waals surface area contributed by atoms with Crippen LogP contribution in [0.1, 0.15) is 0 Å². The van der Waals surface area contributed by atoms with Gasteiger partial charge in [0.2, 0.25) is 0 Å². The van der Waals surface area contributed by atoms with Crippen LogP contribution in [0.25, 0.3) is 99.6 Å². The van der Waals surface area contributed by atoms with E-state index in [1.807, 2.05) is 12.4 Å². The summed E-state index contributed by atoms with van der Waals surface area (Å²) in [7, 11) is 0. The SMILES string of the molecule is c1cc(-c2ccc3ccccc3c2)cc(-c2cc(-c3ccc(-c4cncc5ccccc45)cc3)nc(-c3ccc(-c4ccc5ccccc5c4)cc3)n2)c1. The van der Waals surface area contributed by atoms with Crippen LogP contribution in [-0.2, 0) is 0 Å². The lowest BCUT2D eigenvalue weighted by atomic mass is 9.97. The van der Waals surface area contributed by atoms with E-state index < -0.39 is 0 Å². The molecule has 0 aliphatic heterocycles. The van der Waals surface area contributed by atoms with Gasteiger partial charge in [0, 0.05) is 40.0 Å². The summed E-state index contributed by atoms with van der Waals surface area (Å²) in [4.78, 5) is 14.9. The summed E-state index contributed by atoms with van der Waals surface area (Å²) in [6, 6.07) is 66.6. The highest BCUT2D eigenvalue weighted by Crippen LogP contribution is 2.34. The minimum Gasteiger partial charge on any atom is -0.263 e. The first-order chi connectivity index (χ1) is 26.7. The van der Waals surface area contributed by atoms with Gasteiger partial charge in [-0.25, -0.2) is 9.97 Å². The fourth-order valence-corrected chi connectivity index (χ4v) is 7.45. The first-order valence-corrected chi connectivity index (χ1v) is 18.2. The van der Waals surface area contributed by atoms with Gasteiger partial charge in [0.15, 0.2) is 5.82 Å². The summed E-state index contributed by atoms with van der Waals surface area (Å²) in [6.45, 7) is 0. The summed E-state index contributed by atoms with van der Waals surface area (Å²) in [5, 5.41) is 7.24. The molecule has 8 aromatic carbocycles. The minimum absolute atomic E-state index is 0.686. The summed E-state index contributed by atoms with van der Waals surface area (Å²) in [5.41, 5.74) is 11.7. The van der Waals surface area contributed by atoms with Crippen molar-refractivity contribution in [3.05, 3.63) is 200 Å². The second-order valence-electron chi connectivity index (χ2n) is 13.7. The van der Waals surface area contributed by atoms with Gasteiger partial charge in [0.25, 0.3) is 0 Å². The van der Waals surface area contributed by atoms with Crippen molar-refractivity contribution in [2.24, 2.45) is 0 Å². The largest absolute Gasteiger partial charge is 0.263 e. The monoisotopic (exact) mass is 687 g/mol. The van der Waals surface area contributed by atoms with Gasteiger partial charge in [-0.05, 0) is 79.0 Å². The molecule has 3 nitrogen and oxygen atoms in total. The molecule has 0 bridgehead atoms. The zero-order chi connectivity index (χ0) is 35.8. The smallest absolute Gasteiger partial charge is 0.160 e. The van der Waals surface area contributed by atoms with Crippen LogP contribution in [0.4, 0.5) is 0 Å². The molecule has 0 aliphatic carbocycles. The predicted molar refractivity (Wildman–Crippen MR) is 225 cm³/mol. The molecule has 10 rings (SSSR count). The van der Waals surface area contributed by atoms with Crippen LogP contribution in [0.3, 0.4) is 0 Å². The van der Waals surface area contributed by atoms with Gasteiger partial charge < -0.3 is 0 Å². The summed E-state index contributed by atoms with van der Waals surface area (Å²) in [6.07, 6.45) is 3.86. The molecule has 0 N–H and O–H groups in total. The Labute approximate surface area is 313 Å². The molecule has 0 saturated heterocycles. The second-order valence-corrected chi connectivity index (χ2v) is 13.7. The van der Waals surface area contributed by atoms with Crippen LogP contribution >= 0.6 is 0 Å². The number of rotatable bonds is 6. The van der Waals surface area contributed by atoms with Crippen molar-refractivity contribution in [3.63, 3.8) is 0 Å². The molecule has 2 heterocycles. The summed E-state index contributed by atoms with van der Waals surface area (Å²) < 4.78 is 0. The predicted octanol–water partition coefficient (Wildman–Crippen LogP) is 13.3. The van der Waals surface area contributed by atoms with Gasteiger partial charge in [-0.1, -0.05) is 164 Å². The summed E-state index contributed by atoms with van der Waals surface area (Å²) in [5.74, 6) is 0.686. The van der Waals surface area contributed by atoms with Crippen molar-refractivity contribution in [1.82, 2.24) is 15.0 Å². The van der Waals surface area contributed by atoms with Gasteiger partial charge in [-0.15, -0.1) is 0 Å². The maximum Gasteiger partial charge on any atom is 0.160 e. The Morgan fingerprint density at radius 1 is 0.278 bits per heavy atom. The molecule has 0 fully saturated rings. The molecule has 0 saturated carbocycles. The molecular formula is C51H33N3. The van der Waals surface area contributed by atoms with E-state index >= 15 is 0 Å². The summed E-state index contributed by atoms with van der Waals surface area (Å²) >= 11 is 0. The zero-order valence-corrected chi connectivity index (χ0v) is 29.4. The molecule has 0 atom stereocenters. The van der Waals surface area contributed by atoms with Crippen LogP contribution in [0.2, 0.25) is 0 Å². The Morgan fingerprint density at radius 2 is 0.778 bits per heavy atom. The highest BCUT2D eigenvalue weighted by atomic mass is 14.9. The number of pyridine rings is 1. The highest BCUT2D eigenvalue weighted by Gasteiger charge is 2.13. The van der Waals surface area contributed by atoms with E-state index in [2.05, 4.69) is 193 Å². The van der Waals surface area contributed by atoms with Gasteiger partial charge in [-0.3, -0.25) is 4.98 Å². The van der Waals surface area contributed by atoms with Gasteiger partial charge in [0.1, 0.15) is 0 Å². The van der Waals surface area contributed by atoms with Crippen LogP contribution in [0, 0.1) is 0 Å². The van der Waals surface area contributed by atoms with Crippen molar-refractivity contribution < 1.29 is 0 Å². The number of hydrogen-bond acceptors (Lipinski definition) is 3. The van der Waals surface area contributed by atoms with Crippen molar-refractivity contribution in [3.8, 4) is 67.3 Å². The Hall–Kier alpha value is -7.23. The lowest BCUT2D eigenvalue weighted by Gasteiger charge is -2.12. The van der Waals surface area contributed by atoms with E-state index in [0.29, 0.717) is 5.82 Å². The van der Waals surface area contributed by atoms with E-state index in [-0.39, 0.29) is 0 Å². The Bertz CT molecular complexity index is 2980. The van der Waals surface area contributed by atoms with Gasteiger partial charge >= 0.3 is 0 Å². The Balaban J connectivity index is 1.06. The normalized spacial score (nSPS) is 11.3. The number of aromatic nitrogens is 3. The average Bonchev–Trinajstić information content (AvgIpc) is 3.26. The highest BCUT2D eigenvalue weighted by molar-refractivity contribution is 5.96. The molecule has 0 spiro atoms. The van der Waals surface area contributed by atoms with Crippen molar-refractivity contribution in [2.75, 3.05) is 0 Å². The molecule has 2 aromatic heterocycles. The molecule has 54 heavy (non-hydrogen) atoms. The van der Waals surface area contributed by atoms with Crippen molar-refractivity contribution >= 4 is 32.3 Å². The number of fused-ring (bicyclic) bond motifs is 3. The second kappa shape index (κ2) is 13.4. The first kappa shape index (κ1) is 31.5. The molecule has 10 aromatic rings. The number of hydrogen-bond donors (Lipinski definition) is 0. The standard InChI is InChI=1S/C51H33N3/c1-3-10-40-28-43(26-18-34(40)8-1)36-16-24-39(25-17-36)51-53-49(38-22-20-37(21-23-38)48-33-52-32-46-12-5-6-15-47(46)48)31-50(54-51)45-14-7-13-42(30-45)44-27-19-35-9-2-4-11-41(35)29-44/h1-33H. The molecule has 3 heteroatoms. The minimum atomic E-state index is 0.686. The third-order valence-electron chi connectivity index (χ3n) is 10.4. The lowest BCUT2D eigenvalue weighted by molar-refractivity contribution is 1.18. The maximum atomic E-state index is 5.21. The zero-order valence-electron chi connectivity index (χ0n) is 29.4. The van der Waals surface area contributed by atoms with E-state index in [0.717, 1.165) is 55.7 Å². The molecule has 252 valence electrons. The fraction of sp³-hybridized carbons (Fsp3) is 0. The fourth-order valence-electron chi connectivity index (χ4n) is 7.45. The third kappa shape index (κ3) is 5.98. The molecule has 0 radical (unpaired) electrons. The van der Waals surface area contributed by atoms with E-state index in [1.165, 1.54) is 38.1 Å². The maximum absolute atomic E-state index is 5.21. The van der Waals surface area contributed by atoms with Crippen LogP contribution in [0.5, 0.6) is 0 Å². The first-order valence-electron chi connectivity index (χ1n) is 18.2. The van der Waals surface area contributed by atoms with Crippen molar-refractivity contribution in [2.45, 2.75) is 0 Å². The number of benzene rings is 8. The Kier molecular flexibility index (Phi) is 7.81. The quantitative estimate of drug-likeness (QED) is 0.175. The number of nitrogens with zero attached hydrogens (tertiary/aromatic N) is 3.